The van der Waals surface area contributed by atoms with Crippen LogP contribution in [0.5, 0.6) is 0 Å². The van der Waals surface area contributed by atoms with E-state index >= 15 is 0 Å². The minimum absolute atomic E-state index is 0.0950. The Hall–Kier alpha value is -2.58. The number of hydrogen-bond donors (Lipinski definition) is 0. The number of methoxy groups -OCH3 is 1. The first-order valence-electron chi connectivity index (χ1n) is 8.96. The van der Waals surface area contributed by atoms with Crippen molar-refractivity contribution in [3.8, 4) is 0 Å². The molecule has 1 aliphatic rings. The number of esters is 1. The average Bonchev–Trinajstić information content (AvgIpc) is 3.13. The molecular weight excluding hydrogens is 408 g/mol. The number of ether oxygens (including phenoxy) is 1. The molecule has 6 nitrogen and oxygen atoms in total. The highest BCUT2D eigenvalue weighted by Gasteiger charge is 2.51. The number of rotatable bonds is 6. The summed E-state index contributed by atoms with van der Waals surface area (Å²) < 4.78 is 33.1. The molecule has 0 saturated carbocycles. The first-order chi connectivity index (χ1) is 13.9. The molecule has 0 amide bonds. The largest absolute Gasteiger partial charge is 0.467 e. The zero-order chi connectivity index (χ0) is 21.0. The van der Waals surface area contributed by atoms with Gasteiger partial charge in [0.05, 0.1) is 23.8 Å². The number of amidine groups is 1. The lowest BCUT2D eigenvalue weighted by Gasteiger charge is -2.26. The number of sulfonamides is 1. The third-order valence-electron chi connectivity index (χ3n) is 4.46. The van der Waals surface area contributed by atoms with Crippen LogP contribution in [-0.2, 0) is 19.6 Å². The van der Waals surface area contributed by atoms with E-state index in [2.05, 4.69) is 11.6 Å². The van der Waals surface area contributed by atoms with E-state index in [-0.39, 0.29) is 16.6 Å². The molecule has 2 aromatic carbocycles. The van der Waals surface area contributed by atoms with Crippen LogP contribution >= 0.6 is 11.8 Å². The van der Waals surface area contributed by atoms with Gasteiger partial charge in [-0.1, -0.05) is 65.9 Å². The predicted octanol–water partition coefficient (Wildman–Crippen LogP) is 3.56. The average molecular weight is 431 g/mol. The van der Waals surface area contributed by atoms with Gasteiger partial charge in [-0.25, -0.2) is 17.5 Å². The topological polar surface area (TPSA) is 76.0 Å². The lowest BCUT2D eigenvalue weighted by molar-refractivity contribution is -0.144. The fourth-order valence-electron chi connectivity index (χ4n) is 3.03. The number of aryl methyl sites for hydroxylation is 1. The van der Waals surface area contributed by atoms with Crippen LogP contribution in [-0.4, -0.2) is 43.6 Å². The van der Waals surface area contributed by atoms with Crippen molar-refractivity contribution in [2.75, 3.05) is 13.7 Å². The van der Waals surface area contributed by atoms with Crippen LogP contribution in [0.2, 0.25) is 0 Å². The summed E-state index contributed by atoms with van der Waals surface area (Å²) in [6.45, 7) is 5.76. The molecule has 0 aromatic heterocycles. The van der Waals surface area contributed by atoms with Gasteiger partial charge in [0.15, 0.2) is 11.2 Å². The van der Waals surface area contributed by atoms with Crippen LogP contribution in [0.1, 0.15) is 16.4 Å². The van der Waals surface area contributed by atoms with E-state index in [0.717, 1.165) is 15.4 Å². The standard InChI is InChI=1S/C21H22N2O4S2/c1-4-14-22-21-23(29(25,26)17-12-10-15(2)11-13-17)18(20(24)27-3)19(28-21)16-8-6-5-7-9-16/h4-13,18-19H,1,14H2,2-3H3/t18-,19+/m0/s1. The zero-order valence-corrected chi connectivity index (χ0v) is 17.8. The van der Waals surface area contributed by atoms with E-state index in [9.17, 15) is 13.2 Å². The maximum Gasteiger partial charge on any atom is 0.331 e. The third-order valence-corrected chi connectivity index (χ3v) is 7.69. The number of hydrogen-bond acceptors (Lipinski definition) is 6. The number of thioether (sulfide) groups is 1. The maximum atomic E-state index is 13.5. The van der Waals surface area contributed by atoms with Gasteiger partial charge < -0.3 is 4.74 Å². The van der Waals surface area contributed by atoms with Crippen LogP contribution in [0.4, 0.5) is 0 Å². The van der Waals surface area contributed by atoms with Gasteiger partial charge in [0.2, 0.25) is 0 Å². The van der Waals surface area contributed by atoms with E-state index in [0.29, 0.717) is 0 Å². The van der Waals surface area contributed by atoms with Gasteiger partial charge in [0, 0.05) is 0 Å². The minimum Gasteiger partial charge on any atom is -0.467 e. The SMILES string of the molecule is C=CCN=C1S[C@H](c2ccccc2)[C@@H](C(=O)OC)N1S(=O)(=O)c1ccc(C)cc1. The van der Waals surface area contributed by atoms with E-state index in [1.807, 2.05) is 37.3 Å². The summed E-state index contributed by atoms with van der Waals surface area (Å²) in [5.74, 6) is -0.633. The van der Waals surface area contributed by atoms with Crippen molar-refractivity contribution < 1.29 is 17.9 Å². The fourth-order valence-corrected chi connectivity index (χ4v) is 6.26. The molecule has 0 unspecified atom stereocenters. The second-order valence-electron chi connectivity index (χ2n) is 6.44. The molecule has 29 heavy (non-hydrogen) atoms. The smallest absolute Gasteiger partial charge is 0.331 e. The van der Waals surface area contributed by atoms with Gasteiger partial charge in [-0.3, -0.25) is 4.99 Å². The molecule has 0 N–H and O–H groups in total. The number of carbonyl (C=O) groups is 1. The fraction of sp³-hybridized carbons (Fsp3) is 0.238. The molecule has 1 saturated heterocycles. The molecule has 2 atom stereocenters. The van der Waals surface area contributed by atoms with Gasteiger partial charge in [-0.05, 0) is 24.6 Å². The molecule has 8 heteroatoms. The zero-order valence-electron chi connectivity index (χ0n) is 16.2. The van der Waals surface area contributed by atoms with E-state index in [1.165, 1.54) is 31.0 Å². The second kappa shape index (κ2) is 8.84. The van der Waals surface area contributed by atoms with E-state index < -0.39 is 27.3 Å². The third kappa shape index (κ3) is 4.23. The highest BCUT2D eigenvalue weighted by molar-refractivity contribution is 8.15. The first-order valence-corrected chi connectivity index (χ1v) is 11.3. The molecule has 152 valence electrons. The quantitative estimate of drug-likeness (QED) is 0.517. The Balaban J connectivity index is 2.16. The van der Waals surface area contributed by atoms with Gasteiger partial charge in [-0.2, -0.15) is 0 Å². The van der Waals surface area contributed by atoms with Crippen molar-refractivity contribution in [2.45, 2.75) is 23.1 Å². The van der Waals surface area contributed by atoms with E-state index in [1.54, 1.807) is 18.2 Å². The number of carbonyl (C=O) groups excluding carboxylic acids is 1. The molecule has 1 aliphatic heterocycles. The number of aliphatic imine (C=N–C) groups is 1. The molecule has 1 fully saturated rings. The molecule has 2 aromatic rings. The summed E-state index contributed by atoms with van der Waals surface area (Å²) in [4.78, 5) is 17.2. The summed E-state index contributed by atoms with van der Waals surface area (Å²) in [5, 5.41) is -0.234. The molecule has 0 radical (unpaired) electrons. The lowest BCUT2D eigenvalue weighted by Crippen LogP contribution is -2.45. The Bertz CT molecular complexity index is 1020. The molecule has 1 heterocycles. The van der Waals surface area contributed by atoms with Gasteiger partial charge in [0.25, 0.3) is 10.0 Å². The van der Waals surface area contributed by atoms with Crippen LogP contribution in [0.25, 0.3) is 0 Å². The summed E-state index contributed by atoms with van der Waals surface area (Å²) >= 11 is 1.24. The van der Waals surface area contributed by atoms with Crippen molar-refractivity contribution in [1.82, 2.24) is 4.31 Å². The highest BCUT2D eigenvalue weighted by Crippen LogP contribution is 2.46. The van der Waals surface area contributed by atoms with Crippen molar-refractivity contribution in [1.29, 1.82) is 0 Å². The van der Waals surface area contributed by atoms with Gasteiger partial charge >= 0.3 is 5.97 Å². The van der Waals surface area contributed by atoms with Crippen molar-refractivity contribution >= 4 is 32.9 Å². The highest BCUT2D eigenvalue weighted by atomic mass is 32.2. The Morgan fingerprint density at radius 1 is 1.21 bits per heavy atom. The van der Waals surface area contributed by atoms with Gasteiger partial charge in [0.1, 0.15) is 0 Å². The number of benzene rings is 2. The summed E-state index contributed by atoms with van der Waals surface area (Å²) in [5.41, 5.74) is 1.76. The van der Waals surface area contributed by atoms with Crippen molar-refractivity contribution in [2.24, 2.45) is 4.99 Å². The summed E-state index contributed by atoms with van der Waals surface area (Å²) in [6.07, 6.45) is 1.58. The van der Waals surface area contributed by atoms with Crippen LogP contribution in [0, 0.1) is 6.92 Å². The maximum absolute atomic E-state index is 13.5. The van der Waals surface area contributed by atoms with Crippen LogP contribution in [0.3, 0.4) is 0 Å². The summed E-state index contributed by atoms with van der Waals surface area (Å²) in [6, 6.07) is 14.7. The van der Waals surface area contributed by atoms with Crippen molar-refractivity contribution in [3.63, 3.8) is 0 Å². The number of nitrogens with zero attached hydrogens (tertiary/aromatic N) is 2. The monoisotopic (exact) mass is 430 g/mol. The predicted molar refractivity (Wildman–Crippen MR) is 115 cm³/mol. The molecule has 0 bridgehead atoms. The molecule has 0 spiro atoms. The summed E-state index contributed by atoms with van der Waals surface area (Å²) in [7, 11) is -2.78. The Morgan fingerprint density at radius 2 is 1.86 bits per heavy atom. The van der Waals surface area contributed by atoms with Crippen LogP contribution in [0.15, 0.2) is 77.1 Å². The molecule has 3 rings (SSSR count). The minimum atomic E-state index is -4.03. The second-order valence-corrected chi connectivity index (χ2v) is 9.37. The molecule has 0 aliphatic carbocycles. The lowest BCUT2D eigenvalue weighted by atomic mass is 10.1. The normalized spacial score (nSPS) is 20.6. The Morgan fingerprint density at radius 3 is 2.45 bits per heavy atom. The molecular formula is C21H22N2O4S2. The Labute approximate surface area is 175 Å². The van der Waals surface area contributed by atoms with Crippen molar-refractivity contribution in [3.05, 3.63) is 78.4 Å². The van der Waals surface area contributed by atoms with Crippen LogP contribution < -0.4 is 0 Å². The van der Waals surface area contributed by atoms with E-state index in [4.69, 9.17) is 4.74 Å². The first kappa shape index (κ1) is 21.1. The Kier molecular flexibility index (Phi) is 6.44. The van der Waals surface area contributed by atoms with Gasteiger partial charge in [-0.15, -0.1) is 6.58 Å².